The van der Waals surface area contributed by atoms with Gasteiger partial charge in [-0.1, -0.05) is 13.8 Å². The van der Waals surface area contributed by atoms with E-state index in [9.17, 15) is 9.59 Å². The fraction of sp³-hybridized carbons (Fsp3) is 0.769. The topological polar surface area (TPSA) is 73.2 Å². The van der Waals surface area contributed by atoms with Gasteiger partial charge in [0.25, 0.3) is 0 Å². The van der Waals surface area contributed by atoms with Crippen molar-refractivity contribution in [3.63, 3.8) is 0 Å². The molecular weight excluding hydrogens is 230 g/mol. The molecule has 1 saturated carbocycles. The van der Waals surface area contributed by atoms with E-state index in [0.717, 1.165) is 0 Å². The van der Waals surface area contributed by atoms with E-state index in [2.05, 4.69) is 11.4 Å². The normalized spacial score (nSPS) is 31.8. The lowest BCUT2D eigenvalue weighted by atomic mass is 9.99. The molecule has 1 aliphatic carbocycles. The van der Waals surface area contributed by atoms with Crippen molar-refractivity contribution in [3.8, 4) is 6.07 Å². The first-order valence-corrected chi connectivity index (χ1v) is 6.24. The summed E-state index contributed by atoms with van der Waals surface area (Å²) >= 11 is 0. The summed E-state index contributed by atoms with van der Waals surface area (Å²) in [4.78, 5) is 25.5. The van der Waals surface area contributed by atoms with Crippen molar-refractivity contribution in [2.75, 3.05) is 13.6 Å². The van der Waals surface area contributed by atoms with Crippen molar-refractivity contribution < 1.29 is 9.59 Å². The Morgan fingerprint density at radius 2 is 1.89 bits per heavy atom. The predicted molar refractivity (Wildman–Crippen MR) is 65.2 cm³/mol. The minimum Gasteiger partial charge on any atom is -0.303 e. The number of hydrogen-bond donors (Lipinski definition) is 1. The van der Waals surface area contributed by atoms with Crippen LogP contribution in [-0.4, -0.2) is 35.8 Å². The number of nitrogens with zero attached hydrogens (tertiary/aromatic N) is 2. The van der Waals surface area contributed by atoms with E-state index in [1.807, 2.05) is 13.8 Å². The van der Waals surface area contributed by atoms with Crippen LogP contribution in [0.4, 0.5) is 0 Å². The summed E-state index contributed by atoms with van der Waals surface area (Å²) in [6, 6.07) is 2.16. The van der Waals surface area contributed by atoms with Crippen molar-refractivity contribution in [2.24, 2.45) is 17.3 Å². The molecular formula is C13H19N3O2. The molecule has 1 aliphatic heterocycles. The number of hydrogen-bond acceptors (Lipinski definition) is 4. The summed E-state index contributed by atoms with van der Waals surface area (Å²) in [6.07, 6.45) is 0.456. The molecule has 1 heterocycles. The molecule has 3 unspecified atom stereocenters. The van der Waals surface area contributed by atoms with Crippen LogP contribution in [0.5, 0.6) is 0 Å². The molecule has 98 valence electrons. The summed E-state index contributed by atoms with van der Waals surface area (Å²) in [5.41, 5.74) is -0.852. The van der Waals surface area contributed by atoms with Crippen molar-refractivity contribution >= 4 is 11.8 Å². The maximum absolute atomic E-state index is 12.1. The largest absolute Gasteiger partial charge is 0.303 e. The van der Waals surface area contributed by atoms with Crippen LogP contribution in [0.15, 0.2) is 0 Å². The third kappa shape index (κ3) is 1.64. The van der Waals surface area contributed by atoms with Gasteiger partial charge in [-0.05, 0) is 25.8 Å². The van der Waals surface area contributed by atoms with Gasteiger partial charge in [0.2, 0.25) is 11.8 Å². The average molecular weight is 249 g/mol. The smallest absolute Gasteiger partial charge is 0.233 e. The molecule has 2 fully saturated rings. The zero-order valence-corrected chi connectivity index (χ0v) is 11.3. The van der Waals surface area contributed by atoms with Crippen molar-refractivity contribution in [1.29, 1.82) is 5.26 Å². The lowest BCUT2D eigenvalue weighted by molar-refractivity contribution is -0.143. The van der Waals surface area contributed by atoms with Crippen LogP contribution in [0.1, 0.15) is 27.2 Å². The van der Waals surface area contributed by atoms with Gasteiger partial charge < -0.3 is 5.32 Å². The van der Waals surface area contributed by atoms with Crippen LogP contribution in [-0.2, 0) is 9.59 Å². The zero-order chi connectivity index (χ0) is 13.7. The lowest BCUT2D eigenvalue weighted by Crippen LogP contribution is -2.44. The Balaban J connectivity index is 2.00. The van der Waals surface area contributed by atoms with Crippen LogP contribution in [0.2, 0.25) is 0 Å². The first kappa shape index (κ1) is 13.0. The molecule has 0 aromatic rings. The third-order valence-corrected chi connectivity index (χ3v) is 4.53. The van der Waals surface area contributed by atoms with Gasteiger partial charge in [-0.3, -0.25) is 14.5 Å². The Labute approximate surface area is 107 Å². The molecule has 1 N–H and O–H groups in total. The van der Waals surface area contributed by atoms with Gasteiger partial charge in [-0.2, -0.15) is 5.26 Å². The third-order valence-electron chi connectivity index (χ3n) is 4.53. The van der Waals surface area contributed by atoms with Gasteiger partial charge in [0.05, 0.1) is 17.9 Å². The number of nitrogens with one attached hydrogen (secondary N) is 1. The Bertz CT molecular complexity index is 428. The van der Waals surface area contributed by atoms with E-state index in [4.69, 9.17) is 5.26 Å². The van der Waals surface area contributed by atoms with Gasteiger partial charge >= 0.3 is 0 Å². The quantitative estimate of drug-likeness (QED) is 0.737. The van der Waals surface area contributed by atoms with Gasteiger partial charge in [0.1, 0.15) is 5.54 Å². The molecule has 0 radical (unpaired) electrons. The highest BCUT2D eigenvalue weighted by Gasteiger charge is 2.72. The molecule has 0 spiro atoms. The van der Waals surface area contributed by atoms with E-state index < -0.39 is 5.54 Å². The summed E-state index contributed by atoms with van der Waals surface area (Å²) in [7, 11) is 1.71. The number of nitriles is 1. The highest BCUT2D eigenvalue weighted by Crippen LogP contribution is 2.63. The molecule has 5 nitrogen and oxygen atoms in total. The minimum atomic E-state index is -0.692. The van der Waals surface area contributed by atoms with Crippen LogP contribution in [0, 0.1) is 28.6 Å². The number of piperidine rings is 1. The van der Waals surface area contributed by atoms with Crippen LogP contribution in [0.25, 0.3) is 0 Å². The van der Waals surface area contributed by atoms with Gasteiger partial charge in [-0.15, -0.1) is 0 Å². The van der Waals surface area contributed by atoms with Crippen molar-refractivity contribution in [3.05, 3.63) is 0 Å². The molecule has 2 aliphatic rings. The zero-order valence-electron chi connectivity index (χ0n) is 11.3. The Morgan fingerprint density at radius 3 is 2.28 bits per heavy atom. The summed E-state index contributed by atoms with van der Waals surface area (Å²) in [6.45, 7) is 6.01. The number of fused-ring (bicyclic) bond motifs is 1. The molecule has 0 bridgehead atoms. The van der Waals surface area contributed by atoms with Crippen LogP contribution >= 0.6 is 0 Å². The van der Waals surface area contributed by atoms with Crippen molar-refractivity contribution in [1.82, 2.24) is 10.2 Å². The second-order valence-electron chi connectivity index (χ2n) is 6.05. The number of rotatable bonds is 4. The minimum absolute atomic E-state index is 0.0635. The maximum Gasteiger partial charge on any atom is 0.233 e. The van der Waals surface area contributed by atoms with E-state index >= 15 is 0 Å². The summed E-state index contributed by atoms with van der Waals surface area (Å²) < 4.78 is 0. The molecule has 18 heavy (non-hydrogen) atoms. The monoisotopic (exact) mass is 249 g/mol. The number of carbonyl (C=O) groups excluding carboxylic acids is 2. The standard InChI is InChI=1S/C13H19N3O2/c1-12(2)8-9(12)11(18)16(10(8)17)6-5-13(3,7-14)15-4/h8-9,15H,5-6H2,1-4H3. The van der Waals surface area contributed by atoms with E-state index in [0.29, 0.717) is 13.0 Å². The van der Waals surface area contributed by atoms with Gasteiger partial charge in [-0.25, -0.2) is 0 Å². The molecule has 0 aromatic heterocycles. The number of amides is 2. The second kappa shape index (κ2) is 3.79. The van der Waals surface area contributed by atoms with Gasteiger partial charge in [0, 0.05) is 6.54 Å². The van der Waals surface area contributed by atoms with Crippen LogP contribution < -0.4 is 5.32 Å². The van der Waals surface area contributed by atoms with E-state index in [-0.39, 0.29) is 29.1 Å². The molecule has 3 atom stereocenters. The summed E-state index contributed by atoms with van der Waals surface area (Å²) in [5, 5.41) is 11.9. The average Bonchev–Trinajstić information content (AvgIpc) is 2.79. The SMILES string of the molecule is CNC(C)(C#N)CCN1C(=O)C2C(C1=O)C2(C)C. The molecule has 2 rings (SSSR count). The lowest BCUT2D eigenvalue weighted by Gasteiger charge is -2.25. The molecule has 5 heteroatoms. The highest BCUT2D eigenvalue weighted by molar-refractivity contribution is 6.10. The second-order valence-corrected chi connectivity index (χ2v) is 6.05. The Morgan fingerprint density at radius 1 is 1.39 bits per heavy atom. The fourth-order valence-electron chi connectivity index (χ4n) is 2.80. The molecule has 0 aromatic carbocycles. The maximum atomic E-state index is 12.1. The molecule has 1 saturated heterocycles. The van der Waals surface area contributed by atoms with E-state index in [1.54, 1.807) is 14.0 Å². The number of imide groups is 1. The number of carbonyl (C=O) groups is 2. The van der Waals surface area contributed by atoms with Gasteiger partial charge in [0.15, 0.2) is 0 Å². The Kier molecular flexibility index (Phi) is 2.74. The van der Waals surface area contributed by atoms with Crippen LogP contribution in [0.3, 0.4) is 0 Å². The van der Waals surface area contributed by atoms with E-state index in [1.165, 1.54) is 4.90 Å². The predicted octanol–water partition coefficient (Wildman–Crippen LogP) is 0.519. The first-order chi connectivity index (χ1) is 8.28. The fourth-order valence-corrected chi connectivity index (χ4v) is 2.80. The summed E-state index contributed by atoms with van der Waals surface area (Å²) in [5.74, 6) is -0.390. The van der Waals surface area contributed by atoms with Crippen molar-refractivity contribution in [2.45, 2.75) is 32.7 Å². The Hall–Kier alpha value is -1.41. The molecule has 2 amide bonds. The first-order valence-electron chi connectivity index (χ1n) is 6.24. The number of likely N-dealkylation sites (tertiary alicyclic amines) is 1. The highest BCUT2D eigenvalue weighted by atomic mass is 16.2.